The highest BCUT2D eigenvalue weighted by molar-refractivity contribution is 7.05. The molecule has 2 heterocycles. The molecule has 0 spiro atoms. The van der Waals surface area contributed by atoms with E-state index in [1.807, 2.05) is 18.5 Å². The van der Waals surface area contributed by atoms with Crippen LogP contribution in [0.4, 0.5) is 0 Å². The Morgan fingerprint density at radius 1 is 1.30 bits per heavy atom. The van der Waals surface area contributed by atoms with Gasteiger partial charge in [-0.1, -0.05) is 23.5 Å². The summed E-state index contributed by atoms with van der Waals surface area (Å²) in [6.45, 7) is 3.13. The minimum Gasteiger partial charge on any atom is -0.305 e. The molecule has 0 aliphatic rings. The molecule has 0 radical (unpaired) electrons. The molecule has 4 nitrogen and oxygen atoms in total. The number of nitrogens with one attached hydrogen (secondary N) is 1. The monoisotopic (exact) mass is 284 g/mol. The maximum atomic E-state index is 4.36. The zero-order valence-electron chi connectivity index (χ0n) is 11.3. The Morgan fingerprint density at radius 3 is 3.05 bits per heavy atom. The highest BCUT2D eigenvalue weighted by Gasteiger charge is 2.16. The number of aromatic nitrogens is 3. The lowest BCUT2D eigenvalue weighted by molar-refractivity contribution is 0.605. The number of nitrogens with zero attached hydrogens (tertiary/aromatic N) is 3. The van der Waals surface area contributed by atoms with Gasteiger partial charge in [0.2, 0.25) is 0 Å². The largest absolute Gasteiger partial charge is 0.305 e. The Balaban J connectivity index is 1.99. The quantitative estimate of drug-likeness (QED) is 0.782. The van der Waals surface area contributed by atoms with Gasteiger partial charge in [-0.25, -0.2) is 0 Å². The molecule has 2 aromatic heterocycles. The smallest absolute Gasteiger partial charge is 0.0703 e. The third-order valence-electron chi connectivity index (χ3n) is 3.22. The van der Waals surface area contributed by atoms with Crippen molar-refractivity contribution in [2.75, 3.05) is 6.54 Å². The molecular weight excluding hydrogens is 268 g/mol. The molecule has 1 unspecified atom stereocenters. The second-order valence-corrected chi connectivity index (χ2v) is 5.48. The third-order valence-corrected chi connectivity index (χ3v) is 3.95. The molecule has 0 bridgehead atoms. The van der Waals surface area contributed by atoms with Crippen LogP contribution in [0.15, 0.2) is 42.7 Å². The van der Waals surface area contributed by atoms with Gasteiger partial charge in [-0.3, -0.25) is 4.98 Å². The van der Waals surface area contributed by atoms with Crippen molar-refractivity contribution in [2.45, 2.75) is 19.4 Å². The first kappa shape index (κ1) is 13.1. The maximum Gasteiger partial charge on any atom is 0.0703 e. The minimum atomic E-state index is 0.152. The molecule has 102 valence electrons. The maximum absolute atomic E-state index is 4.36. The first-order valence-electron chi connectivity index (χ1n) is 6.74. The van der Waals surface area contributed by atoms with Crippen LogP contribution in [0.3, 0.4) is 0 Å². The van der Waals surface area contributed by atoms with Crippen molar-refractivity contribution in [1.82, 2.24) is 19.9 Å². The van der Waals surface area contributed by atoms with E-state index in [-0.39, 0.29) is 6.04 Å². The van der Waals surface area contributed by atoms with Crippen LogP contribution in [-0.2, 0) is 0 Å². The van der Waals surface area contributed by atoms with Crippen molar-refractivity contribution in [1.29, 1.82) is 0 Å². The molecule has 0 saturated heterocycles. The van der Waals surface area contributed by atoms with E-state index in [0.717, 1.165) is 28.7 Å². The molecule has 0 saturated carbocycles. The Bertz CT molecular complexity index is 681. The summed E-state index contributed by atoms with van der Waals surface area (Å²) in [5.74, 6) is 0. The van der Waals surface area contributed by atoms with Gasteiger partial charge in [0.1, 0.15) is 0 Å². The fraction of sp³-hybridized carbons (Fsp3) is 0.267. The second kappa shape index (κ2) is 6.07. The van der Waals surface area contributed by atoms with E-state index >= 15 is 0 Å². The topological polar surface area (TPSA) is 50.7 Å². The van der Waals surface area contributed by atoms with Gasteiger partial charge in [-0.15, -0.1) is 5.10 Å². The Labute approximate surface area is 122 Å². The van der Waals surface area contributed by atoms with Crippen LogP contribution in [0, 0.1) is 0 Å². The summed E-state index contributed by atoms with van der Waals surface area (Å²) in [5.41, 5.74) is 2.25. The molecule has 20 heavy (non-hydrogen) atoms. The molecule has 1 aromatic carbocycles. The highest BCUT2D eigenvalue weighted by atomic mass is 32.1. The van der Waals surface area contributed by atoms with Gasteiger partial charge >= 0.3 is 0 Å². The molecule has 1 N–H and O–H groups in total. The fourth-order valence-electron chi connectivity index (χ4n) is 2.25. The Morgan fingerprint density at radius 2 is 2.25 bits per heavy atom. The van der Waals surface area contributed by atoms with E-state index in [1.54, 1.807) is 0 Å². The zero-order valence-corrected chi connectivity index (χ0v) is 12.1. The first-order chi connectivity index (χ1) is 9.88. The van der Waals surface area contributed by atoms with Crippen molar-refractivity contribution in [3.63, 3.8) is 0 Å². The van der Waals surface area contributed by atoms with Crippen LogP contribution in [0.25, 0.3) is 10.9 Å². The van der Waals surface area contributed by atoms with Crippen molar-refractivity contribution in [2.24, 2.45) is 0 Å². The number of hydrogen-bond donors (Lipinski definition) is 1. The Kier molecular flexibility index (Phi) is 3.99. The molecular formula is C15H16N4S. The molecule has 0 aliphatic carbocycles. The van der Waals surface area contributed by atoms with E-state index in [0.29, 0.717) is 0 Å². The van der Waals surface area contributed by atoms with Crippen molar-refractivity contribution >= 4 is 22.4 Å². The summed E-state index contributed by atoms with van der Waals surface area (Å²) in [6.07, 6.45) is 4.76. The molecule has 3 aromatic rings. The van der Waals surface area contributed by atoms with E-state index in [1.165, 1.54) is 17.1 Å². The number of benzene rings is 1. The lowest BCUT2D eigenvalue weighted by Gasteiger charge is -2.17. The van der Waals surface area contributed by atoms with E-state index in [4.69, 9.17) is 0 Å². The molecule has 5 heteroatoms. The SMILES string of the molecule is CCCNC(c1ccc2ncccc2c1)c1cnns1. The predicted octanol–water partition coefficient (Wildman–Crippen LogP) is 3.18. The minimum absolute atomic E-state index is 0.152. The van der Waals surface area contributed by atoms with Crippen LogP contribution in [0.2, 0.25) is 0 Å². The predicted molar refractivity (Wildman–Crippen MR) is 81.8 cm³/mol. The van der Waals surface area contributed by atoms with Gasteiger partial charge in [-0.2, -0.15) is 0 Å². The van der Waals surface area contributed by atoms with Gasteiger partial charge in [0.15, 0.2) is 0 Å². The van der Waals surface area contributed by atoms with Gasteiger partial charge in [-0.05, 0) is 48.3 Å². The summed E-state index contributed by atoms with van der Waals surface area (Å²) >= 11 is 1.44. The van der Waals surface area contributed by atoms with Crippen molar-refractivity contribution in [3.05, 3.63) is 53.2 Å². The van der Waals surface area contributed by atoms with Crippen LogP contribution in [0.5, 0.6) is 0 Å². The summed E-state index contributed by atoms with van der Waals surface area (Å²) in [7, 11) is 0. The van der Waals surface area contributed by atoms with Crippen LogP contribution in [0.1, 0.15) is 29.8 Å². The highest BCUT2D eigenvalue weighted by Crippen LogP contribution is 2.26. The van der Waals surface area contributed by atoms with Crippen molar-refractivity contribution in [3.8, 4) is 0 Å². The number of rotatable bonds is 5. The summed E-state index contributed by atoms with van der Waals surface area (Å²) in [4.78, 5) is 5.50. The number of hydrogen-bond acceptors (Lipinski definition) is 5. The van der Waals surface area contributed by atoms with E-state index in [2.05, 4.69) is 51.1 Å². The molecule has 3 rings (SSSR count). The van der Waals surface area contributed by atoms with E-state index in [9.17, 15) is 0 Å². The molecule has 0 amide bonds. The summed E-state index contributed by atoms with van der Waals surface area (Å²) < 4.78 is 3.98. The number of fused-ring (bicyclic) bond motifs is 1. The van der Waals surface area contributed by atoms with Crippen LogP contribution < -0.4 is 5.32 Å². The molecule has 1 atom stereocenters. The summed E-state index contributed by atoms with van der Waals surface area (Å²) in [5, 5.41) is 8.68. The normalized spacial score (nSPS) is 12.7. The average Bonchev–Trinajstić information content (AvgIpc) is 3.02. The van der Waals surface area contributed by atoms with E-state index < -0.39 is 0 Å². The fourth-order valence-corrected chi connectivity index (χ4v) is 2.85. The zero-order chi connectivity index (χ0) is 13.8. The standard InChI is InChI=1S/C15H16N4S/c1-2-7-17-15(14-10-18-19-20-14)12-5-6-13-11(9-12)4-3-8-16-13/h3-6,8-10,15,17H,2,7H2,1H3. The molecule has 0 aliphatic heterocycles. The molecule has 0 fully saturated rings. The third kappa shape index (κ3) is 2.69. The Hall–Kier alpha value is -1.85. The van der Waals surface area contributed by atoms with Crippen molar-refractivity contribution < 1.29 is 0 Å². The first-order valence-corrected chi connectivity index (χ1v) is 7.51. The van der Waals surface area contributed by atoms with Gasteiger partial charge in [0.25, 0.3) is 0 Å². The average molecular weight is 284 g/mol. The van der Waals surface area contributed by atoms with Gasteiger partial charge in [0, 0.05) is 11.6 Å². The summed E-state index contributed by atoms with van der Waals surface area (Å²) in [6, 6.07) is 10.6. The lowest BCUT2D eigenvalue weighted by atomic mass is 10.0. The van der Waals surface area contributed by atoms with Gasteiger partial charge < -0.3 is 5.32 Å². The number of pyridine rings is 1. The van der Waals surface area contributed by atoms with Crippen LogP contribution in [-0.4, -0.2) is 21.1 Å². The van der Waals surface area contributed by atoms with Crippen LogP contribution >= 0.6 is 11.5 Å². The second-order valence-electron chi connectivity index (χ2n) is 4.66. The lowest BCUT2D eigenvalue weighted by Crippen LogP contribution is -2.22. The van der Waals surface area contributed by atoms with Gasteiger partial charge in [0.05, 0.1) is 22.6 Å².